The van der Waals surface area contributed by atoms with Gasteiger partial charge in [-0.2, -0.15) is 0 Å². The van der Waals surface area contributed by atoms with E-state index in [4.69, 9.17) is 5.73 Å². The number of fused-ring (bicyclic) bond motifs is 1. The highest BCUT2D eigenvalue weighted by Gasteiger charge is 2.25. The molecule has 2 atom stereocenters. The highest BCUT2D eigenvalue weighted by Crippen LogP contribution is 2.29. The predicted octanol–water partition coefficient (Wildman–Crippen LogP) is 4.23. The van der Waals surface area contributed by atoms with E-state index in [2.05, 4.69) is 58.7 Å². The lowest BCUT2D eigenvalue weighted by Crippen LogP contribution is -2.31. The molecule has 1 heterocycles. The van der Waals surface area contributed by atoms with Crippen LogP contribution in [-0.2, 0) is 24.3 Å². The standard InChI is InChI=1S/C23H29N3O.2ClH/c24-21-6-3-5-20(21)14-23(27)25-15-17-8-10-18(11-9-17)16-26-13-12-19-4-1-2-7-22(19)26;;/h1-2,4,7-11,20-21H,3,5-6,12-16,24H2,(H,25,27);2*1H/t20-,21+;;/m0../s1. The molecule has 0 bridgehead atoms. The molecule has 0 aromatic heterocycles. The van der Waals surface area contributed by atoms with E-state index in [0.717, 1.165) is 44.3 Å². The fraction of sp³-hybridized carbons (Fsp3) is 0.435. The fourth-order valence-electron chi connectivity index (χ4n) is 4.38. The van der Waals surface area contributed by atoms with E-state index in [1.807, 2.05) is 0 Å². The van der Waals surface area contributed by atoms with Crippen molar-refractivity contribution in [2.45, 2.75) is 51.2 Å². The Hall–Kier alpha value is -1.75. The average Bonchev–Trinajstić information content (AvgIpc) is 3.28. The van der Waals surface area contributed by atoms with Gasteiger partial charge in [-0.25, -0.2) is 0 Å². The van der Waals surface area contributed by atoms with Crippen LogP contribution in [0.2, 0.25) is 0 Å². The van der Waals surface area contributed by atoms with Crippen molar-refractivity contribution in [1.29, 1.82) is 0 Å². The molecule has 1 fully saturated rings. The molecule has 3 N–H and O–H groups in total. The van der Waals surface area contributed by atoms with Gasteiger partial charge < -0.3 is 16.0 Å². The number of nitrogens with one attached hydrogen (secondary N) is 1. The summed E-state index contributed by atoms with van der Waals surface area (Å²) < 4.78 is 0. The van der Waals surface area contributed by atoms with Crippen LogP contribution in [0.1, 0.15) is 42.4 Å². The summed E-state index contributed by atoms with van der Waals surface area (Å²) in [6.07, 6.45) is 4.99. The molecule has 158 valence electrons. The number of nitrogens with two attached hydrogens (primary N) is 1. The maximum absolute atomic E-state index is 12.2. The molecule has 2 aromatic carbocycles. The minimum Gasteiger partial charge on any atom is -0.367 e. The quantitative estimate of drug-likeness (QED) is 0.713. The molecule has 4 rings (SSSR count). The van der Waals surface area contributed by atoms with Crippen LogP contribution < -0.4 is 16.0 Å². The number of amides is 1. The number of benzene rings is 2. The summed E-state index contributed by atoms with van der Waals surface area (Å²) >= 11 is 0. The van der Waals surface area contributed by atoms with Gasteiger partial charge in [-0.3, -0.25) is 4.79 Å². The van der Waals surface area contributed by atoms with E-state index in [9.17, 15) is 4.79 Å². The summed E-state index contributed by atoms with van der Waals surface area (Å²) in [6, 6.07) is 17.5. The smallest absolute Gasteiger partial charge is 0.220 e. The van der Waals surface area contributed by atoms with Crippen LogP contribution in [0.15, 0.2) is 48.5 Å². The molecule has 0 unspecified atom stereocenters. The summed E-state index contributed by atoms with van der Waals surface area (Å²) in [5.74, 6) is 0.478. The minimum absolute atomic E-state index is 0. The van der Waals surface area contributed by atoms with Gasteiger partial charge in [-0.1, -0.05) is 48.9 Å². The highest BCUT2D eigenvalue weighted by atomic mass is 35.5. The SMILES string of the molecule is Cl.Cl.N[C@@H]1CCC[C@H]1CC(=O)NCc1ccc(CN2CCc3ccccc32)cc1. The molecule has 6 heteroatoms. The lowest BCUT2D eigenvalue weighted by Gasteiger charge is -2.19. The number of hydrogen-bond acceptors (Lipinski definition) is 3. The zero-order valence-corrected chi connectivity index (χ0v) is 18.3. The monoisotopic (exact) mass is 435 g/mol. The van der Waals surface area contributed by atoms with E-state index < -0.39 is 0 Å². The third kappa shape index (κ3) is 5.88. The summed E-state index contributed by atoms with van der Waals surface area (Å²) in [6.45, 7) is 2.61. The van der Waals surface area contributed by atoms with Crippen molar-refractivity contribution in [3.63, 3.8) is 0 Å². The molecule has 0 radical (unpaired) electrons. The number of hydrogen-bond donors (Lipinski definition) is 2. The Balaban J connectivity index is 0.00000150. The van der Waals surface area contributed by atoms with E-state index in [-0.39, 0.29) is 36.8 Å². The molecule has 0 saturated heterocycles. The molecule has 2 aromatic rings. The van der Waals surface area contributed by atoms with E-state index >= 15 is 0 Å². The van der Waals surface area contributed by atoms with E-state index in [0.29, 0.717) is 18.9 Å². The number of halogens is 2. The van der Waals surface area contributed by atoms with Crippen molar-refractivity contribution in [2.24, 2.45) is 11.7 Å². The molecule has 1 aliphatic carbocycles. The second kappa shape index (κ2) is 10.9. The molecule has 1 saturated carbocycles. The van der Waals surface area contributed by atoms with Crippen LogP contribution in [0.5, 0.6) is 0 Å². The van der Waals surface area contributed by atoms with Crippen LogP contribution >= 0.6 is 24.8 Å². The lowest BCUT2D eigenvalue weighted by molar-refractivity contribution is -0.122. The second-order valence-corrected chi connectivity index (χ2v) is 7.95. The third-order valence-corrected chi connectivity index (χ3v) is 6.03. The van der Waals surface area contributed by atoms with E-state index in [1.54, 1.807) is 0 Å². The van der Waals surface area contributed by atoms with Gasteiger partial charge >= 0.3 is 0 Å². The molecule has 1 aliphatic heterocycles. The Morgan fingerprint density at radius 1 is 1.03 bits per heavy atom. The molecule has 1 amide bonds. The predicted molar refractivity (Wildman–Crippen MR) is 124 cm³/mol. The van der Waals surface area contributed by atoms with Crippen molar-refractivity contribution in [1.82, 2.24) is 5.32 Å². The Labute approximate surface area is 186 Å². The topological polar surface area (TPSA) is 58.4 Å². The van der Waals surface area contributed by atoms with Gasteiger partial charge in [0.15, 0.2) is 0 Å². The Morgan fingerprint density at radius 2 is 1.76 bits per heavy atom. The molecule has 2 aliphatic rings. The summed E-state index contributed by atoms with van der Waals surface area (Å²) in [4.78, 5) is 14.6. The largest absolute Gasteiger partial charge is 0.367 e. The number of para-hydroxylation sites is 1. The summed E-state index contributed by atoms with van der Waals surface area (Å²) in [7, 11) is 0. The van der Waals surface area contributed by atoms with Crippen LogP contribution in [0.4, 0.5) is 5.69 Å². The van der Waals surface area contributed by atoms with E-state index in [1.165, 1.54) is 16.8 Å². The van der Waals surface area contributed by atoms with Crippen LogP contribution in [0.25, 0.3) is 0 Å². The molecule has 29 heavy (non-hydrogen) atoms. The van der Waals surface area contributed by atoms with Gasteiger partial charge in [-0.15, -0.1) is 24.8 Å². The van der Waals surface area contributed by atoms with Crippen molar-refractivity contribution >= 4 is 36.4 Å². The normalized spacial score (nSPS) is 19.8. The van der Waals surface area contributed by atoms with Gasteiger partial charge in [0.2, 0.25) is 5.91 Å². The molecular weight excluding hydrogens is 405 g/mol. The van der Waals surface area contributed by atoms with Crippen molar-refractivity contribution in [3.05, 3.63) is 65.2 Å². The highest BCUT2D eigenvalue weighted by molar-refractivity contribution is 5.85. The first-order valence-corrected chi connectivity index (χ1v) is 10.1. The number of rotatable bonds is 6. The Bertz CT molecular complexity index is 797. The van der Waals surface area contributed by atoms with Gasteiger partial charge in [0.05, 0.1) is 0 Å². The van der Waals surface area contributed by atoms with Gasteiger partial charge in [0.25, 0.3) is 0 Å². The van der Waals surface area contributed by atoms with Crippen molar-refractivity contribution in [2.75, 3.05) is 11.4 Å². The average molecular weight is 436 g/mol. The van der Waals surface area contributed by atoms with Crippen molar-refractivity contribution in [3.8, 4) is 0 Å². The number of nitrogens with zero attached hydrogens (tertiary/aromatic N) is 1. The second-order valence-electron chi connectivity index (χ2n) is 7.95. The first kappa shape index (κ1) is 23.5. The first-order valence-electron chi connectivity index (χ1n) is 10.1. The zero-order chi connectivity index (χ0) is 18.6. The molecular formula is C23H31Cl2N3O. The lowest BCUT2D eigenvalue weighted by atomic mass is 10.00. The third-order valence-electron chi connectivity index (χ3n) is 6.03. The first-order chi connectivity index (χ1) is 13.2. The maximum atomic E-state index is 12.2. The number of anilines is 1. The number of carbonyl (C=O) groups is 1. The summed E-state index contributed by atoms with van der Waals surface area (Å²) in [5, 5.41) is 3.05. The number of carbonyl (C=O) groups excluding carboxylic acids is 1. The Kier molecular flexibility index (Phi) is 8.81. The molecule has 4 nitrogen and oxygen atoms in total. The Morgan fingerprint density at radius 3 is 2.48 bits per heavy atom. The van der Waals surface area contributed by atoms with Crippen molar-refractivity contribution < 1.29 is 4.79 Å². The van der Waals surface area contributed by atoms with Gasteiger partial charge in [0, 0.05) is 37.8 Å². The van der Waals surface area contributed by atoms with Crippen LogP contribution in [0.3, 0.4) is 0 Å². The van der Waals surface area contributed by atoms with Crippen LogP contribution in [-0.4, -0.2) is 18.5 Å². The zero-order valence-electron chi connectivity index (χ0n) is 16.7. The maximum Gasteiger partial charge on any atom is 0.220 e. The van der Waals surface area contributed by atoms with Gasteiger partial charge in [-0.05, 0) is 47.9 Å². The van der Waals surface area contributed by atoms with Crippen LogP contribution in [0, 0.1) is 5.92 Å². The minimum atomic E-state index is 0. The summed E-state index contributed by atoms with van der Waals surface area (Å²) in [5.41, 5.74) is 11.3. The van der Waals surface area contributed by atoms with Gasteiger partial charge in [0.1, 0.15) is 0 Å². The molecule has 0 spiro atoms. The fourth-order valence-corrected chi connectivity index (χ4v) is 4.38.